The lowest BCUT2D eigenvalue weighted by Crippen LogP contribution is -2.42. The molecule has 0 saturated heterocycles. The Morgan fingerprint density at radius 1 is 1.29 bits per heavy atom. The molecule has 6 nitrogen and oxygen atoms in total. The van der Waals surface area contributed by atoms with Crippen molar-refractivity contribution in [3.63, 3.8) is 0 Å². The summed E-state index contributed by atoms with van der Waals surface area (Å²) < 4.78 is 0. The predicted molar refractivity (Wildman–Crippen MR) is 80.6 cm³/mol. The van der Waals surface area contributed by atoms with Crippen molar-refractivity contribution in [3.05, 3.63) is 17.5 Å². The van der Waals surface area contributed by atoms with Gasteiger partial charge in [0.15, 0.2) is 0 Å². The van der Waals surface area contributed by atoms with E-state index in [1.165, 1.54) is 0 Å². The van der Waals surface area contributed by atoms with Crippen LogP contribution in [0.3, 0.4) is 0 Å². The summed E-state index contributed by atoms with van der Waals surface area (Å²) in [6.07, 6.45) is 3.04. The number of carbonyl (C=O) groups is 2. The summed E-state index contributed by atoms with van der Waals surface area (Å²) in [4.78, 5) is 25.8. The molecule has 2 amide bonds. The monoisotopic (exact) mass is 293 g/mol. The van der Waals surface area contributed by atoms with Gasteiger partial charge in [-0.1, -0.05) is 13.8 Å². The second-order valence-electron chi connectivity index (χ2n) is 6.11. The van der Waals surface area contributed by atoms with E-state index in [-0.39, 0.29) is 17.8 Å². The van der Waals surface area contributed by atoms with Crippen molar-refractivity contribution >= 4 is 17.7 Å². The largest absolute Gasteiger partial charge is 0.477 e. The Labute approximate surface area is 124 Å². The topological polar surface area (TPSA) is 94.2 Å². The molecule has 21 heavy (non-hydrogen) atoms. The van der Waals surface area contributed by atoms with Crippen LogP contribution in [-0.4, -0.2) is 28.1 Å². The van der Waals surface area contributed by atoms with E-state index in [9.17, 15) is 9.59 Å². The van der Waals surface area contributed by atoms with Gasteiger partial charge in [-0.05, 0) is 44.1 Å². The molecule has 3 unspecified atom stereocenters. The zero-order valence-electron chi connectivity index (χ0n) is 12.7. The molecule has 1 aliphatic carbocycles. The number of aryl methyl sites for hydroxylation is 1. The lowest BCUT2D eigenvalue weighted by Gasteiger charge is -2.32. The third kappa shape index (κ3) is 3.77. The fourth-order valence-corrected chi connectivity index (χ4v) is 2.88. The number of aromatic amines is 1. The van der Waals surface area contributed by atoms with Crippen LogP contribution in [0.15, 0.2) is 6.07 Å². The number of hydrogen-bond donors (Lipinski definition) is 4. The molecule has 0 bridgehead atoms. The van der Waals surface area contributed by atoms with Crippen molar-refractivity contribution in [2.75, 3.05) is 5.32 Å². The van der Waals surface area contributed by atoms with Gasteiger partial charge in [-0.2, -0.15) is 0 Å². The predicted octanol–water partition coefficient (Wildman–Crippen LogP) is 2.97. The van der Waals surface area contributed by atoms with Crippen LogP contribution < -0.4 is 10.6 Å². The number of amides is 2. The summed E-state index contributed by atoms with van der Waals surface area (Å²) in [5, 5.41) is 14.6. The minimum Gasteiger partial charge on any atom is -0.477 e. The lowest BCUT2D eigenvalue weighted by molar-refractivity contribution is 0.0692. The standard InChI is InChI=1S/C15H23N3O3/c1-8-4-5-11(6-9(8)2)17-15(21)18-12-7-10(3)16-13(12)14(19)20/h7-9,11,16H,4-6H2,1-3H3,(H,19,20)(H2,17,18,21). The first kappa shape index (κ1) is 15.4. The van der Waals surface area contributed by atoms with Gasteiger partial charge in [0, 0.05) is 11.7 Å². The molecule has 1 aromatic heterocycles. The zero-order valence-corrected chi connectivity index (χ0v) is 12.7. The second-order valence-corrected chi connectivity index (χ2v) is 6.11. The summed E-state index contributed by atoms with van der Waals surface area (Å²) >= 11 is 0. The highest BCUT2D eigenvalue weighted by Gasteiger charge is 2.26. The smallest absolute Gasteiger partial charge is 0.354 e. The number of urea groups is 1. The molecule has 2 rings (SSSR count). The van der Waals surface area contributed by atoms with Gasteiger partial charge in [0.05, 0.1) is 5.69 Å². The van der Waals surface area contributed by atoms with Gasteiger partial charge in [-0.3, -0.25) is 0 Å². The second kappa shape index (κ2) is 6.20. The highest BCUT2D eigenvalue weighted by Crippen LogP contribution is 2.29. The van der Waals surface area contributed by atoms with Crippen molar-refractivity contribution in [2.45, 2.75) is 46.1 Å². The van der Waals surface area contributed by atoms with Crippen LogP contribution in [0.4, 0.5) is 10.5 Å². The quantitative estimate of drug-likeness (QED) is 0.690. The first-order chi connectivity index (χ1) is 9.86. The molecule has 116 valence electrons. The van der Waals surface area contributed by atoms with Crippen LogP contribution in [0.5, 0.6) is 0 Å². The molecule has 3 atom stereocenters. The van der Waals surface area contributed by atoms with Crippen LogP contribution in [0.1, 0.15) is 49.3 Å². The Morgan fingerprint density at radius 2 is 2.00 bits per heavy atom. The summed E-state index contributed by atoms with van der Waals surface area (Å²) in [6, 6.07) is 1.43. The van der Waals surface area contributed by atoms with E-state index in [1.54, 1.807) is 13.0 Å². The molecule has 0 spiro atoms. The van der Waals surface area contributed by atoms with Gasteiger partial charge in [0.2, 0.25) is 0 Å². The van der Waals surface area contributed by atoms with Gasteiger partial charge >= 0.3 is 12.0 Å². The number of carboxylic acid groups (broad SMARTS) is 1. The normalized spacial score (nSPS) is 25.4. The molecule has 0 aromatic carbocycles. The van der Waals surface area contributed by atoms with Gasteiger partial charge in [0.1, 0.15) is 5.69 Å². The van der Waals surface area contributed by atoms with Crippen LogP contribution in [0.25, 0.3) is 0 Å². The Morgan fingerprint density at radius 3 is 2.62 bits per heavy atom. The fraction of sp³-hybridized carbons (Fsp3) is 0.600. The van der Waals surface area contributed by atoms with E-state index in [2.05, 4.69) is 29.5 Å². The van der Waals surface area contributed by atoms with E-state index >= 15 is 0 Å². The van der Waals surface area contributed by atoms with E-state index in [1.807, 2.05) is 0 Å². The van der Waals surface area contributed by atoms with Crippen LogP contribution >= 0.6 is 0 Å². The van der Waals surface area contributed by atoms with Crippen molar-refractivity contribution < 1.29 is 14.7 Å². The maximum absolute atomic E-state index is 12.0. The molecule has 0 aliphatic heterocycles. The average Bonchev–Trinajstić information content (AvgIpc) is 2.75. The minimum atomic E-state index is -1.08. The third-order valence-corrected chi connectivity index (χ3v) is 4.35. The summed E-state index contributed by atoms with van der Waals surface area (Å²) in [6.45, 7) is 6.19. The highest BCUT2D eigenvalue weighted by molar-refractivity contribution is 5.99. The number of aromatic nitrogens is 1. The molecule has 1 heterocycles. The van der Waals surface area contributed by atoms with E-state index in [0.29, 0.717) is 23.2 Å². The SMILES string of the molecule is Cc1cc(NC(=O)NC2CCC(C)C(C)C2)c(C(=O)O)[nH]1. The molecule has 4 N–H and O–H groups in total. The van der Waals surface area contributed by atoms with Crippen molar-refractivity contribution in [1.29, 1.82) is 0 Å². The number of hydrogen-bond acceptors (Lipinski definition) is 2. The number of rotatable bonds is 3. The maximum atomic E-state index is 12.0. The Balaban J connectivity index is 1.95. The Kier molecular flexibility index (Phi) is 4.55. The van der Waals surface area contributed by atoms with Crippen molar-refractivity contribution in [2.24, 2.45) is 11.8 Å². The third-order valence-electron chi connectivity index (χ3n) is 4.35. The number of H-pyrrole nitrogens is 1. The summed E-state index contributed by atoms with van der Waals surface area (Å²) in [7, 11) is 0. The Bertz CT molecular complexity index is 538. The summed E-state index contributed by atoms with van der Waals surface area (Å²) in [5.41, 5.74) is 1.01. The number of carboxylic acids is 1. The van der Waals surface area contributed by atoms with E-state index in [4.69, 9.17) is 5.11 Å². The van der Waals surface area contributed by atoms with Crippen LogP contribution in [0, 0.1) is 18.8 Å². The molecular weight excluding hydrogens is 270 g/mol. The van der Waals surface area contributed by atoms with Gasteiger partial charge in [-0.25, -0.2) is 9.59 Å². The van der Waals surface area contributed by atoms with Gasteiger partial charge in [0.25, 0.3) is 0 Å². The van der Waals surface area contributed by atoms with Crippen molar-refractivity contribution in [1.82, 2.24) is 10.3 Å². The highest BCUT2D eigenvalue weighted by atomic mass is 16.4. The number of carbonyl (C=O) groups excluding carboxylic acids is 1. The number of anilines is 1. The first-order valence-electron chi connectivity index (χ1n) is 7.37. The summed E-state index contributed by atoms with van der Waals surface area (Å²) in [5.74, 6) is 0.198. The molecule has 1 aliphatic rings. The lowest BCUT2D eigenvalue weighted by atomic mass is 9.79. The van der Waals surface area contributed by atoms with Crippen molar-refractivity contribution in [3.8, 4) is 0 Å². The zero-order chi connectivity index (χ0) is 15.6. The number of nitrogens with one attached hydrogen (secondary N) is 3. The molecule has 0 radical (unpaired) electrons. The molecule has 1 saturated carbocycles. The Hall–Kier alpha value is -1.98. The van der Waals surface area contributed by atoms with Gasteiger partial charge in [-0.15, -0.1) is 0 Å². The fourth-order valence-electron chi connectivity index (χ4n) is 2.88. The molecule has 1 aromatic rings. The molecular formula is C15H23N3O3. The first-order valence-corrected chi connectivity index (χ1v) is 7.37. The van der Waals surface area contributed by atoms with Crippen LogP contribution in [-0.2, 0) is 0 Å². The van der Waals surface area contributed by atoms with Crippen LogP contribution in [0.2, 0.25) is 0 Å². The average molecular weight is 293 g/mol. The molecule has 1 fully saturated rings. The minimum absolute atomic E-state index is 0.00767. The number of aromatic carboxylic acids is 1. The maximum Gasteiger partial charge on any atom is 0.354 e. The molecule has 6 heteroatoms. The van der Waals surface area contributed by atoms with E-state index < -0.39 is 5.97 Å². The van der Waals surface area contributed by atoms with Gasteiger partial charge < -0.3 is 20.7 Å². The van der Waals surface area contributed by atoms with E-state index in [0.717, 1.165) is 19.3 Å².